The molecule has 6 rings (SSSR count). The molecule has 2 aromatic carbocycles. The number of hydrogen-bond acceptors (Lipinski definition) is 13. The average Bonchev–Trinajstić information content (AvgIpc) is 3.30. The van der Waals surface area contributed by atoms with Gasteiger partial charge in [0.1, 0.15) is 35.6 Å². The summed E-state index contributed by atoms with van der Waals surface area (Å²) in [6, 6.07) is 9.58. The largest absolute Gasteiger partial charge is 0.497 e. The van der Waals surface area contributed by atoms with Crippen molar-refractivity contribution >= 4 is 35.2 Å². The molecule has 0 aromatic heterocycles. The molecule has 2 aliphatic carbocycles. The third-order valence-electron chi connectivity index (χ3n) is 12.3. The molecule has 16 heteroatoms. The lowest BCUT2D eigenvalue weighted by Gasteiger charge is -2.59. The second-order valence-electron chi connectivity index (χ2n) is 16.3. The highest BCUT2D eigenvalue weighted by Gasteiger charge is 2.65. The predicted octanol–water partition coefficient (Wildman–Crippen LogP) is 8.56. The van der Waals surface area contributed by atoms with Crippen LogP contribution >= 0.6 is 11.6 Å². The molecule has 3 N–H and O–H groups in total. The number of unbranched alkanes of at least 4 members (excludes halogenated alkanes) is 2. The predicted molar refractivity (Wildman–Crippen MR) is 238 cm³/mol. The van der Waals surface area contributed by atoms with Crippen molar-refractivity contribution in [3.8, 4) is 23.0 Å². The normalized spacial score (nSPS) is 25.4. The highest BCUT2D eigenvalue weighted by Crippen LogP contribution is 2.62. The van der Waals surface area contributed by atoms with Crippen LogP contribution in [0.15, 0.2) is 65.9 Å². The fourth-order valence-electron chi connectivity index (χ4n) is 9.60. The van der Waals surface area contributed by atoms with Gasteiger partial charge < -0.3 is 48.2 Å². The van der Waals surface area contributed by atoms with E-state index in [1.807, 2.05) is 13.0 Å². The number of aliphatic hydroxyl groups excluding tert-OH is 2. The van der Waals surface area contributed by atoms with E-state index in [1.165, 1.54) is 7.11 Å². The van der Waals surface area contributed by atoms with Crippen molar-refractivity contribution < 1.29 is 57.8 Å². The molecule has 1 saturated carbocycles. The Morgan fingerprint density at radius 1 is 1.05 bits per heavy atom. The number of alkyl halides is 1. The van der Waals surface area contributed by atoms with Gasteiger partial charge in [0.25, 0.3) is 0 Å². The number of aliphatic hydroxyl groups is 2. The fourth-order valence-corrected chi connectivity index (χ4v) is 9.67. The topological polar surface area (TPSA) is 176 Å². The van der Waals surface area contributed by atoms with E-state index in [1.54, 1.807) is 48.4 Å². The number of carbonyl (C=O) groups is 2. The van der Waals surface area contributed by atoms with Crippen LogP contribution in [-0.4, -0.2) is 111 Å². The Balaban J connectivity index is 1.52. The van der Waals surface area contributed by atoms with Crippen LogP contribution < -0.4 is 24.3 Å². The number of amides is 2. The highest BCUT2D eigenvalue weighted by molar-refractivity contribution is 6.18. The molecule has 0 bridgehead atoms. The molecule has 2 aliphatic heterocycles. The smallest absolute Gasteiger partial charge is 0.417 e. The zero-order valence-electron chi connectivity index (χ0n) is 36.8. The second kappa shape index (κ2) is 23.4. The molecular weight excluding hydrogens is 834 g/mol. The lowest BCUT2D eigenvalue weighted by molar-refractivity contribution is -0.255. The second-order valence-corrected chi connectivity index (χ2v) is 16.6. The molecule has 7 unspecified atom stereocenters. The quantitative estimate of drug-likeness (QED) is 0.0445. The third-order valence-corrected chi connectivity index (χ3v) is 12.5. The van der Waals surface area contributed by atoms with E-state index in [9.17, 15) is 19.8 Å². The number of nitrogens with one attached hydrogen (secondary N) is 1. The van der Waals surface area contributed by atoms with Crippen LogP contribution in [0, 0.1) is 17.8 Å². The summed E-state index contributed by atoms with van der Waals surface area (Å²) in [6.07, 6.45) is 9.79. The van der Waals surface area contributed by atoms with E-state index >= 15 is 0 Å². The van der Waals surface area contributed by atoms with Crippen molar-refractivity contribution in [2.24, 2.45) is 22.9 Å². The number of oxime groups is 1. The fraction of sp³-hybridized carbons (Fsp3) is 0.596. The molecule has 0 radical (unpaired) electrons. The molecule has 2 amide bonds. The summed E-state index contributed by atoms with van der Waals surface area (Å²) in [6.45, 7) is 7.11. The number of nitrogens with zero attached hydrogens (tertiary/aromatic N) is 2. The van der Waals surface area contributed by atoms with Gasteiger partial charge in [-0.05, 0) is 92.7 Å². The summed E-state index contributed by atoms with van der Waals surface area (Å²) in [5.74, 6) is -0.568. The molecule has 0 spiro atoms. The van der Waals surface area contributed by atoms with Crippen LogP contribution in [0.25, 0.3) is 0 Å². The van der Waals surface area contributed by atoms with Gasteiger partial charge in [-0.1, -0.05) is 37.1 Å². The van der Waals surface area contributed by atoms with E-state index in [4.69, 9.17) is 54.8 Å². The van der Waals surface area contributed by atoms with Crippen molar-refractivity contribution in [1.29, 1.82) is 0 Å². The van der Waals surface area contributed by atoms with Crippen molar-refractivity contribution in [2.45, 2.75) is 102 Å². The zero-order valence-corrected chi connectivity index (χ0v) is 37.5. The van der Waals surface area contributed by atoms with Crippen LogP contribution in [0.4, 0.5) is 15.3 Å². The van der Waals surface area contributed by atoms with Gasteiger partial charge in [0.2, 0.25) is 12.1 Å². The number of anilines is 1. The maximum absolute atomic E-state index is 14.2. The molecule has 15 nitrogen and oxygen atoms in total. The van der Waals surface area contributed by atoms with Crippen LogP contribution in [-0.2, 0) is 19.0 Å². The number of halogens is 1. The zero-order chi connectivity index (χ0) is 44.8. The number of benzene rings is 2. The Kier molecular flexibility index (Phi) is 17.8. The molecule has 2 heterocycles. The Morgan fingerprint density at radius 3 is 2.54 bits per heavy atom. The minimum absolute atomic E-state index is 0.00179. The maximum atomic E-state index is 14.2. The molecule has 7 atom stereocenters. The summed E-state index contributed by atoms with van der Waals surface area (Å²) < 4.78 is 42.7. The van der Waals surface area contributed by atoms with E-state index < -0.39 is 36.2 Å². The van der Waals surface area contributed by atoms with Crippen LogP contribution in [0.2, 0.25) is 0 Å². The van der Waals surface area contributed by atoms with Gasteiger partial charge >= 0.3 is 12.2 Å². The number of allylic oxidation sites excluding steroid dienone is 1. The van der Waals surface area contributed by atoms with Crippen LogP contribution in [0.3, 0.4) is 0 Å². The summed E-state index contributed by atoms with van der Waals surface area (Å²) in [5, 5.41) is 27.5. The summed E-state index contributed by atoms with van der Waals surface area (Å²) in [5.41, 5.74) is 2.70. The van der Waals surface area contributed by atoms with Crippen molar-refractivity contribution in [1.82, 2.24) is 4.90 Å². The van der Waals surface area contributed by atoms with Crippen LogP contribution in [0.5, 0.6) is 23.0 Å². The van der Waals surface area contributed by atoms with Crippen molar-refractivity contribution in [3.63, 3.8) is 0 Å². The number of methoxy groups -OCH3 is 2. The number of fused-ring (bicyclic) bond motifs is 2. The lowest BCUT2D eigenvalue weighted by Crippen LogP contribution is -2.70. The first kappa shape index (κ1) is 47.9. The first-order valence-corrected chi connectivity index (χ1v) is 22.8. The standard InChI is InChI=1S/C47H64ClN3O12/c1-5-21-51(46(55)59-26-20-48)41-30-38(50-63-42-15-9-12-25-58-42)35-27-31(13-7-10-22-52)34(14-8-11-23-53)43-36-28-33(17-19-39(36)62-47(41,44(35)43)60-24-6-2)61-45(54)49-37-18-16-32(56-3)29-40(37)57-4/h6,16-19,27-29,31,34,41-44,52-53H,2,5,7-15,20-26,30H2,1,3-4H3,(H,49,54). The number of rotatable bonds is 22. The SMILES string of the molecule is C=CCOC12Oc3ccc(OC(=O)Nc4ccc(OC)cc4OC)cc3C3C(CCCCO)C(CCCCO)C=C(C(=NOC4CCCCO4)CC1N(CCC)C(=O)OCCCl)C32. The van der Waals surface area contributed by atoms with Gasteiger partial charge in [0.05, 0.1) is 50.6 Å². The number of hydrogen-bond donors (Lipinski definition) is 3. The minimum atomic E-state index is -1.48. The monoisotopic (exact) mass is 897 g/mol. The molecule has 2 aromatic rings. The lowest BCUT2D eigenvalue weighted by atomic mass is 9.55. The van der Waals surface area contributed by atoms with Crippen molar-refractivity contribution in [2.75, 3.05) is 65.0 Å². The summed E-state index contributed by atoms with van der Waals surface area (Å²) >= 11 is 6.03. The maximum Gasteiger partial charge on any atom is 0.417 e. The molecule has 4 aliphatic rings. The molecule has 2 fully saturated rings. The Morgan fingerprint density at radius 2 is 1.84 bits per heavy atom. The first-order valence-electron chi connectivity index (χ1n) is 22.3. The van der Waals surface area contributed by atoms with Gasteiger partial charge in [-0.25, -0.2) is 9.59 Å². The summed E-state index contributed by atoms with van der Waals surface area (Å²) in [7, 11) is 3.05. The Labute approximate surface area is 375 Å². The van der Waals surface area contributed by atoms with E-state index in [2.05, 4.69) is 18.0 Å². The molecule has 1 saturated heterocycles. The average molecular weight is 898 g/mol. The highest BCUT2D eigenvalue weighted by atomic mass is 35.5. The van der Waals surface area contributed by atoms with Crippen molar-refractivity contribution in [3.05, 3.63) is 66.3 Å². The number of carbonyl (C=O) groups excluding carboxylic acids is 2. The molecule has 63 heavy (non-hydrogen) atoms. The minimum Gasteiger partial charge on any atom is -0.497 e. The Bertz CT molecular complexity index is 1910. The van der Waals surface area contributed by atoms with Gasteiger partial charge in [0, 0.05) is 50.1 Å². The molecular formula is C47H64ClN3O12. The Hall–Kier alpha value is -4.54. The molecule has 346 valence electrons. The summed E-state index contributed by atoms with van der Waals surface area (Å²) in [4.78, 5) is 35.6. The van der Waals surface area contributed by atoms with Gasteiger partial charge in [-0.3, -0.25) is 10.2 Å². The third kappa shape index (κ3) is 11.2. The van der Waals surface area contributed by atoms with Gasteiger partial charge in [-0.2, -0.15) is 0 Å². The van der Waals surface area contributed by atoms with Crippen LogP contribution in [0.1, 0.15) is 89.0 Å². The number of ether oxygens (including phenoxy) is 7. The first-order chi connectivity index (χ1) is 30.7. The van der Waals surface area contributed by atoms with Gasteiger partial charge in [0.15, 0.2) is 0 Å². The van der Waals surface area contributed by atoms with E-state index in [-0.39, 0.29) is 62.2 Å². The van der Waals surface area contributed by atoms with E-state index in [0.29, 0.717) is 67.5 Å². The van der Waals surface area contributed by atoms with Gasteiger partial charge in [-0.15, -0.1) is 18.2 Å². The van der Waals surface area contributed by atoms with E-state index in [0.717, 1.165) is 49.7 Å².